The Morgan fingerprint density at radius 2 is 1.70 bits per heavy atom. The second-order valence-electron chi connectivity index (χ2n) is 7.43. The summed E-state index contributed by atoms with van der Waals surface area (Å²) in [5.41, 5.74) is 0.824. The molecule has 2 fully saturated rings. The number of pyridine rings is 1. The average Bonchev–Trinajstić information content (AvgIpc) is 3.08. The van der Waals surface area contributed by atoms with Crippen LogP contribution in [0.4, 0.5) is 8.78 Å². The first-order valence-corrected chi connectivity index (χ1v) is 11.2. The largest absolute Gasteiger partial charge is 0.335 e. The predicted molar refractivity (Wildman–Crippen MR) is 105 cm³/mol. The minimum atomic E-state index is -4.00. The summed E-state index contributed by atoms with van der Waals surface area (Å²) in [4.78, 5) is 20.4. The van der Waals surface area contributed by atoms with Crippen LogP contribution in [0.15, 0.2) is 47.5 Å². The normalized spacial score (nSPS) is 21.3. The fraction of sp³-hybridized carbons (Fsp3) is 0.400. The van der Waals surface area contributed by atoms with E-state index >= 15 is 0 Å². The molecule has 3 heterocycles. The van der Waals surface area contributed by atoms with Crippen LogP contribution in [0, 0.1) is 11.6 Å². The average molecular weight is 436 g/mol. The second kappa shape index (κ2) is 8.37. The highest BCUT2D eigenvalue weighted by Gasteiger charge is 2.39. The topological polar surface area (TPSA) is 73.8 Å². The van der Waals surface area contributed by atoms with Gasteiger partial charge in [-0.3, -0.25) is 14.7 Å². The van der Waals surface area contributed by atoms with Crippen molar-refractivity contribution in [3.63, 3.8) is 0 Å². The first-order chi connectivity index (χ1) is 14.3. The number of halogens is 2. The van der Waals surface area contributed by atoms with E-state index in [1.54, 1.807) is 11.1 Å². The van der Waals surface area contributed by atoms with Crippen LogP contribution >= 0.6 is 0 Å². The van der Waals surface area contributed by atoms with Crippen LogP contribution in [0.1, 0.15) is 12.1 Å². The van der Waals surface area contributed by atoms with E-state index in [1.807, 2.05) is 23.1 Å². The van der Waals surface area contributed by atoms with Crippen molar-refractivity contribution in [2.75, 3.05) is 32.7 Å². The molecule has 30 heavy (non-hydrogen) atoms. The van der Waals surface area contributed by atoms with Crippen molar-refractivity contribution in [3.05, 3.63) is 59.9 Å². The highest BCUT2D eigenvalue weighted by atomic mass is 32.2. The fourth-order valence-electron chi connectivity index (χ4n) is 3.99. The third-order valence-corrected chi connectivity index (χ3v) is 7.41. The van der Waals surface area contributed by atoms with Gasteiger partial charge in [-0.1, -0.05) is 6.07 Å². The first-order valence-electron chi connectivity index (χ1n) is 9.73. The minimum absolute atomic E-state index is 0.0177. The van der Waals surface area contributed by atoms with Crippen molar-refractivity contribution in [1.29, 1.82) is 0 Å². The van der Waals surface area contributed by atoms with E-state index in [0.29, 0.717) is 38.7 Å². The molecular formula is C20H22F2N4O3S. The number of rotatable bonds is 5. The third-order valence-electron chi connectivity index (χ3n) is 5.54. The molecule has 0 spiro atoms. The zero-order chi connectivity index (χ0) is 21.3. The molecule has 7 nitrogen and oxygen atoms in total. The van der Waals surface area contributed by atoms with Crippen molar-refractivity contribution in [3.8, 4) is 0 Å². The van der Waals surface area contributed by atoms with Crippen LogP contribution in [0.3, 0.4) is 0 Å². The van der Waals surface area contributed by atoms with Crippen LogP contribution in [-0.4, -0.2) is 72.2 Å². The van der Waals surface area contributed by atoms with E-state index in [-0.39, 0.29) is 25.0 Å². The summed E-state index contributed by atoms with van der Waals surface area (Å²) in [5, 5.41) is 0. The van der Waals surface area contributed by atoms with Crippen molar-refractivity contribution in [1.82, 2.24) is 19.1 Å². The number of hydrogen-bond acceptors (Lipinski definition) is 5. The maximum Gasteiger partial charge on any atom is 0.243 e. The zero-order valence-electron chi connectivity index (χ0n) is 16.2. The number of carbonyl (C=O) groups excluding carboxylic acids is 1. The Hall–Kier alpha value is -2.43. The summed E-state index contributed by atoms with van der Waals surface area (Å²) in [6.45, 7) is 2.15. The number of piperazine rings is 1. The molecule has 160 valence electrons. The molecule has 1 unspecified atom stereocenters. The van der Waals surface area contributed by atoms with Crippen molar-refractivity contribution in [2.24, 2.45) is 0 Å². The molecule has 2 aromatic rings. The Kier molecular flexibility index (Phi) is 5.81. The maximum absolute atomic E-state index is 13.5. The molecule has 2 aliphatic rings. The second-order valence-corrected chi connectivity index (χ2v) is 9.37. The van der Waals surface area contributed by atoms with Crippen LogP contribution < -0.4 is 0 Å². The van der Waals surface area contributed by atoms with Gasteiger partial charge in [0.2, 0.25) is 15.9 Å². The molecule has 2 saturated heterocycles. The molecule has 0 saturated carbocycles. The number of aromatic nitrogens is 1. The van der Waals surface area contributed by atoms with E-state index in [1.165, 1.54) is 4.31 Å². The molecule has 0 N–H and O–H groups in total. The Morgan fingerprint density at radius 3 is 2.33 bits per heavy atom. The standard InChI is InChI=1S/C20H22F2N4O3S/c21-15-11-16(22)13-18(12-15)30(28,29)26-9-7-24(8-10-26)19-4-6-25(20(19)27)14-17-3-1-2-5-23-17/h1-3,5,11-13,19H,4,6-10,14H2. The van der Waals surface area contributed by atoms with E-state index in [9.17, 15) is 22.0 Å². The van der Waals surface area contributed by atoms with E-state index in [4.69, 9.17) is 0 Å². The van der Waals surface area contributed by atoms with Crippen molar-refractivity contribution < 1.29 is 22.0 Å². The number of carbonyl (C=O) groups is 1. The Bertz CT molecular complexity index is 1010. The summed E-state index contributed by atoms with van der Waals surface area (Å²) in [7, 11) is -4.00. The number of hydrogen-bond donors (Lipinski definition) is 0. The van der Waals surface area contributed by atoms with Gasteiger partial charge in [0.05, 0.1) is 23.2 Å². The lowest BCUT2D eigenvalue weighted by Crippen LogP contribution is -2.53. The molecule has 1 aromatic carbocycles. The highest BCUT2D eigenvalue weighted by molar-refractivity contribution is 7.89. The molecular weight excluding hydrogens is 414 g/mol. The fourth-order valence-corrected chi connectivity index (χ4v) is 5.45. The number of amides is 1. The van der Waals surface area contributed by atoms with Gasteiger partial charge in [-0.15, -0.1) is 0 Å². The summed E-state index contributed by atoms with van der Waals surface area (Å²) in [5.74, 6) is -1.85. The van der Waals surface area contributed by atoms with Crippen LogP contribution in [-0.2, 0) is 21.4 Å². The summed E-state index contributed by atoms with van der Waals surface area (Å²) < 4.78 is 53.6. The lowest BCUT2D eigenvalue weighted by Gasteiger charge is -2.36. The quantitative estimate of drug-likeness (QED) is 0.710. The molecule has 1 aromatic heterocycles. The SMILES string of the molecule is O=C1C(N2CCN(S(=O)(=O)c3cc(F)cc(F)c3)CC2)CCN1Cc1ccccn1. The molecule has 0 radical (unpaired) electrons. The van der Waals surface area contributed by atoms with Gasteiger partial charge in [0.25, 0.3) is 0 Å². The van der Waals surface area contributed by atoms with Gasteiger partial charge in [-0.2, -0.15) is 4.31 Å². The van der Waals surface area contributed by atoms with Gasteiger partial charge < -0.3 is 4.90 Å². The van der Waals surface area contributed by atoms with E-state index in [0.717, 1.165) is 17.8 Å². The van der Waals surface area contributed by atoms with Gasteiger partial charge in [-0.25, -0.2) is 17.2 Å². The molecule has 10 heteroatoms. The smallest absolute Gasteiger partial charge is 0.243 e. The Balaban J connectivity index is 1.38. The molecule has 4 rings (SSSR count). The highest BCUT2D eigenvalue weighted by Crippen LogP contribution is 2.24. The lowest BCUT2D eigenvalue weighted by molar-refractivity contribution is -0.133. The monoisotopic (exact) mass is 436 g/mol. The van der Waals surface area contributed by atoms with Gasteiger partial charge in [0.15, 0.2) is 0 Å². The van der Waals surface area contributed by atoms with Crippen molar-refractivity contribution >= 4 is 15.9 Å². The van der Waals surface area contributed by atoms with Gasteiger partial charge in [0, 0.05) is 45.0 Å². The first kappa shape index (κ1) is 20.8. The van der Waals surface area contributed by atoms with Crippen LogP contribution in [0.5, 0.6) is 0 Å². The number of benzene rings is 1. The van der Waals surface area contributed by atoms with Gasteiger partial charge in [-0.05, 0) is 30.7 Å². The number of likely N-dealkylation sites (tertiary alicyclic amines) is 1. The molecule has 1 atom stereocenters. The molecule has 2 aliphatic heterocycles. The zero-order valence-corrected chi connectivity index (χ0v) is 17.1. The van der Waals surface area contributed by atoms with E-state index < -0.39 is 26.6 Å². The molecule has 1 amide bonds. The van der Waals surface area contributed by atoms with Gasteiger partial charge in [0.1, 0.15) is 11.6 Å². The van der Waals surface area contributed by atoms with Crippen molar-refractivity contribution in [2.45, 2.75) is 23.9 Å². The molecule has 0 aliphatic carbocycles. The summed E-state index contributed by atoms with van der Waals surface area (Å²) in [6.07, 6.45) is 2.37. The number of sulfonamides is 1. The Morgan fingerprint density at radius 1 is 1.00 bits per heavy atom. The lowest BCUT2D eigenvalue weighted by atomic mass is 10.2. The van der Waals surface area contributed by atoms with Crippen LogP contribution in [0.2, 0.25) is 0 Å². The molecule has 0 bridgehead atoms. The Labute approximate surface area is 174 Å². The van der Waals surface area contributed by atoms with E-state index in [2.05, 4.69) is 4.98 Å². The maximum atomic E-state index is 13.5. The third kappa shape index (κ3) is 4.21. The predicted octanol–water partition coefficient (Wildman–Crippen LogP) is 1.47. The summed E-state index contributed by atoms with van der Waals surface area (Å²) in [6, 6.07) is 7.57. The van der Waals surface area contributed by atoms with Gasteiger partial charge >= 0.3 is 0 Å². The van der Waals surface area contributed by atoms with Crippen LogP contribution in [0.25, 0.3) is 0 Å². The number of nitrogens with zero attached hydrogens (tertiary/aromatic N) is 4. The summed E-state index contributed by atoms with van der Waals surface area (Å²) >= 11 is 0. The minimum Gasteiger partial charge on any atom is -0.335 e.